The summed E-state index contributed by atoms with van der Waals surface area (Å²) in [5.74, 6) is -0.395. The Labute approximate surface area is 194 Å². The molecule has 1 atom stereocenters. The van der Waals surface area contributed by atoms with Crippen LogP contribution in [0.4, 0.5) is 5.69 Å². The Hall–Kier alpha value is -2.21. The average Bonchev–Trinajstić information content (AvgIpc) is 2.82. The van der Waals surface area contributed by atoms with Crippen molar-refractivity contribution in [2.75, 3.05) is 64.4 Å². The number of fused-ring (bicyclic) bond motifs is 1. The summed E-state index contributed by atoms with van der Waals surface area (Å²) >= 11 is 0. The third kappa shape index (κ3) is 5.65. The first-order chi connectivity index (χ1) is 15.8. The fourth-order valence-corrected chi connectivity index (χ4v) is 6.24. The van der Waals surface area contributed by atoms with Crippen LogP contribution in [-0.2, 0) is 24.3 Å². The Morgan fingerprint density at radius 1 is 1.24 bits per heavy atom. The van der Waals surface area contributed by atoms with Crippen molar-refractivity contribution in [3.8, 4) is 5.75 Å². The number of rotatable bonds is 7. The average molecular weight is 481 g/mol. The number of carbonyl (C=O) groups excluding carboxylic acids is 2. The second kappa shape index (κ2) is 10.4. The molecule has 3 aliphatic rings. The summed E-state index contributed by atoms with van der Waals surface area (Å²) in [6.45, 7) is 6.91. The number of nitrogens with one attached hydrogen (secondary N) is 2. The fraction of sp³-hybridized carbons (Fsp3) is 0.636. The first kappa shape index (κ1) is 23.9. The highest BCUT2D eigenvalue weighted by atomic mass is 32.2. The Balaban J connectivity index is 1.35. The molecule has 2 amide bonds. The quantitative estimate of drug-likeness (QED) is 0.548. The van der Waals surface area contributed by atoms with Crippen molar-refractivity contribution in [1.29, 1.82) is 0 Å². The molecule has 0 radical (unpaired) electrons. The van der Waals surface area contributed by atoms with Crippen LogP contribution >= 0.6 is 0 Å². The lowest BCUT2D eigenvalue weighted by molar-refractivity contribution is -0.126. The molecule has 3 heterocycles. The number of aryl methyl sites for hydroxylation is 1. The lowest BCUT2D eigenvalue weighted by Crippen LogP contribution is -2.46. The standard InChI is InChI=1S/C22H32N4O6S/c1-16-12-18-19(32-15-21(27)24-18)13-20(16)33(29,30)26-7-2-4-17(14-26)22(28)23-5-3-6-25-8-10-31-11-9-25/h12-13,17H,2-11,14-15H2,1H3,(H,23,28)(H,24,27). The smallest absolute Gasteiger partial charge is 0.262 e. The van der Waals surface area contributed by atoms with Crippen LogP contribution in [0.2, 0.25) is 0 Å². The molecule has 10 nitrogen and oxygen atoms in total. The molecule has 1 aromatic carbocycles. The van der Waals surface area contributed by atoms with Crippen molar-refractivity contribution in [3.63, 3.8) is 0 Å². The van der Waals surface area contributed by atoms with Gasteiger partial charge in [0, 0.05) is 38.8 Å². The van der Waals surface area contributed by atoms with Gasteiger partial charge in [-0.05, 0) is 44.4 Å². The van der Waals surface area contributed by atoms with Gasteiger partial charge in [0.1, 0.15) is 5.75 Å². The molecule has 4 rings (SSSR count). The van der Waals surface area contributed by atoms with Crippen LogP contribution in [0.1, 0.15) is 24.8 Å². The fourth-order valence-electron chi connectivity index (χ4n) is 4.49. The highest BCUT2D eigenvalue weighted by molar-refractivity contribution is 7.89. The summed E-state index contributed by atoms with van der Waals surface area (Å²) in [6, 6.07) is 3.08. The van der Waals surface area contributed by atoms with Gasteiger partial charge >= 0.3 is 0 Å². The van der Waals surface area contributed by atoms with Crippen LogP contribution in [0.15, 0.2) is 17.0 Å². The predicted molar refractivity (Wildman–Crippen MR) is 122 cm³/mol. The van der Waals surface area contributed by atoms with Crippen molar-refractivity contribution in [3.05, 3.63) is 17.7 Å². The summed E-state index contributed by atoms with van der Waals surface area (Å²) in [6.07, 6.45) is 2.15. The van der Waals surface area contributed by atoms with E-state index in [-0.39, 0.29) is 35.8 Å². The molecule has 1 unspecified atom stereocenters. The Morgan fingerprint density at radius 2 is 2.03 bits per heavy atom. The van der Waals surface area contributed by atoms with E-state index in [1.54, 1.807) is 13.0 Å². The Bertz CT molecular complexity index is 993. The van der Waals surface area contributed by atoms with Crippen LogP contribution in [-0.4, -0.2) is 88.5 Å². The molecule has 0 aromatic heterocycles. The third-order valence-corrected chi connectivity index (χ3v) is 8.34. The van der Waals surface area contributed by atoms with Gasteiger partial charge < -0.3 is 20.1 Å². The van der Waals surface area contributed by atoms with Gasteiger partial charge in [0.15, 0.2) is 6.61 Å². The number of benzene rings is 1. The number of nitrogens with zero attached hydrogens (tertiary/aromatic N) is 2. The molecule has 11 heteroatoms. The van der Waals surface area contributed by atoms with Crippen LogP contribution in [0.5, 0.6) is 5.75 Å². The molecular weight excluding hydrogens is 448 g/mol. The van der Waals surface area contributed by atoms with E-state index in [4.69, 9.17) is 9.47 Å². The molecule has 2 saturated heterocycles. The molecule has 1 aromatic rings. The number of ether oxygens (including phenoxy) is 2. The summed E-state index contributed by atoms with van der Waals surface area (Å²) in [7, 11) is -3.80. The van der Waals surface area contributed by atoms with Gasteiger partial charge in [0.2, 0.25) is 15.9 Å². The second-order valence-electron chi connectivity index (χ2n) is 8.75. The molecule has 0 spiro atoms. The van der Waals surface area contributed by atoms with Gasteiger partial charge in [0.05, 0.1) is 29.7 Å². The maximum absolute atomic E-state index is 13.4. The van der Waals surface area contributed by atoms with Crippen LogP contribution < -0.4 is 15.4 Å². The molecule has 0 saturated carbocycles. The number of hydrogen-bond acceptors (Lipinski definition) is 7. The number of carbonyl (C=O) groups is 2. The number of sulfonamides is 1. The van der Waals surface area contributed by atoms with Crippen LogP contribution in [0, 0.1) is 12.8 Å². The first-order valence-corrected chi connectivity index (χ1v) is 12.9. The molecular formula is C22H32N4O6S. The highest BCUT2D eigenvalue weighted by Crippen LogP contribution is 2.35. The first-order valence-electron chi connectivity index (χ1n) is 11.5. The van der Waals surface area contributed by atoms with Gasteiger partial charge in [0.25, 0.3) is 5.91 Å². The summed E-state index contributed by atoms with van der Waals surface area (Å²) in [4.78, 5) is 26.7. The van der Waals surface area contributed by atoms with Crippen molar-refractivity contribution in [2.45, 2.75) is 31.1 Å². The Morgan fingerprint density at radius 3 is 2.82 bits per heavy atom. The van der Waals surface area contributed by atoms with Crippen LogP contribution in [0.25, 0.3) is 0 Å². The van der Waals surface area contributed by atoms with E-state index in [2.05, 4.69) is 15.5 Å². The minimum absolute atomic E-state index is 0.0925. The van der Waals surface area contributed by atoms with E-state index in [0.29, 0.717) is 42.9 Å². The second-order valence-corrected chi connectivity index (χ2v) is 10.7. The van der Waals surface area contributed by atoms with Gasteiger partial charge in [-0.25, -0.2) is 8.42 Å². The molecule has 3 aliphatic heterocycles. The highest BCUT2D eigenvalue weighted by Gasteiger charge is 2.35. The van der Waals surface area contributed by atoms with E-state index in [9.17, 15) is 18.0 Å². The maximum atomic E-state index is 13.4. The van der Waals surface area contributed by atoms with Gasteiger partial charge in [-0.15, -0.1) is 0 Å². The topological polar surface area (TPSA) is 117 Å². The molecule has 2 N–H and O–H groups in total. The number of hydrogen-bond donors (Lipinski definition) is 2. The zero-order valence-electron chi connectivity index (χ0n) is 19.0. The minimum atomic E-state index is -3.80. The Kier molecular flexibility index (Phi) is 7.52. The number of anilines is 1. The molecule has 2 fully saturated rings. The zero-order valence-corrected chi connectivity index (χ0v) is 19.8. The largest absolute Gasteiger partial charge is 0.482 e. The predicted octanol–water partition coefficient (Wildman–Crippen LogP) is 0.565. The molecule has 33 heavy (non-hydrogen) atoms. The molecule has 0 aliphatic carbocycles. The van der Waals surface area contributed by atoms with Crippen LogP contribution in [0.3, 0.4) is 0 Å². The number of amides is 2. The number of piperidine rings is 1. The maximum Gasteiger partial charge on any atom is 0.262 e. The van der Waals surface area contributed by atoms with E-state index in [1.807, 2.05) is 0 Å². The van der Waals surface area contributed by atoms with Crippen molar-refractivity contribution < 1.29 is 27.5 Å². The lowest BCUT2D eigenvalue weighted by Gasteiger charge is -2.32. The summed E-state index contributed by atoms with van der Waals surface area (Å²) in [5, 5.41) is 5.67. The van der Waals surface area contributed by atoms with E-state index in [0.717, 1.165) is 39.3 Å². The molecule has 182 valence electrons. The van der Waals surface area contributed by atoms with Gasteiger partial charge in [-0.2, -0.15) is 4.31 Å². The van der Waals surface area contributed by atoms with E-state index < -0.39 is 10.0 Å². The number of morpholine rings is 1. The van der Waals surface area contributed by atoms with Gasteiger partial charge in [-0.1, -0.05) is 0 Å². The van der Waals surface area contributed by atoms with Gasteiger partial charge in [-0.3, -0.25) is 14.5 Å². The summed E-state index contributed by atoms with van der Waals surface area (Å²) < 4.78 is 38.9. The van der Waals surface area contributed by atoms with E-state index >= 15 is 0 Å². The molecule has 0 bridgehead atoms. The monoisotopic (exact) mass is 480 g/mol. The summed E-state index contributed by atoms with van der Waals surface area (Å²) in [5.41, 5.74) is 0.991. The van der Waals surface area contributed by atoms with Crippen molar-refractivity contribution >= 4 is 27.5 Å². The third-order valence-electron chi connectivity index (χ3n) is 6.34. The normalized spacial score (nSPS) is 22.2. The minimum Gasteiger partial charge on any atom is -0.482 e. The van der Waals surface area contributed by atoms with E-state index in [1.165, 1.54) is 10.4 Å². The van der Waals surface area contributed by atoms with Crippen molar-refractivity contribution in [2.24, 2.45) is 5.92 Å². The zero-order chi connectivity index (χ0) is 23.4. The SMILES string of the molecule is Cc1cc2c(cc1S(=O)(=O)N1CCCC(C(=O)NCCCN3CCOCC3)C1)OCC(=O)N2. The van der Waals surface area contributed by atoms with Crippen molar-refractivity contribution in [1.82, 2.24) is 14.5 Å². The lowest BCUT2D eigenvalue weighted by atomic mass is 9.99.